The minimum atomic E-state index is -0.565. The molecular weight excluding hydrogens is 400 g/mol. The lowest BCUT2D eigenvalue weighted by molar-refractivity contribution is -0.117. The van der Waals surface area contributed by atoms with Crippen molar-refractivity contribution >= 4 is 29.2 Å². The Balaban J connectivity index is 1.54. The Morgan fingerprint density at radius 1 is 1.26 bits per heavy atom. The van der Waals surface area contributed by atoms with Crippen LogP contribution in [0.25, 0.3) is 5.78 Å². The molecule has 1 fully saturated rings. The standard InChI is InChI=1S/C21H24N6O4/c1-14-6-5-10-25(12-14)17-9-11-26-20(23-17)24-27(21(26)30)13-18(28)22-16-8-4-3-7-15(16)19(29)31-2/h3-4,7-9,11,14H,5-6,10,12-13H2,1-2H3,(H,22,28). The van der Waals surface area contributed by atoms with Crippen molar-refractivity contribution < 1.29 is 14.3 Å². The smallest absolute Gasteiger partial charge is 0.352 e. The van der Waals surface area contributed by atoms with Crippen molar-refractivity contribution in [3.05, 3.63) is 52.6 Å². The number of nitrogens with zero attached hydrogens (tertiary/aromatic N) is 5. The van der Waals surface area contributed by atoms with Gasteiger partial charge in [0.05, 0.1) is 18.4 Å². The summed E-state index contributed by atoms with van der Waals surface area (Å²) in [6.45, 7) is 3.73. The van der Waals surface area contributed by atoms with Crippen LogP contribution in [-0.4, -0.2) is 51.2 Å². The van der Waals surface area contributed by atoms with E-state index in [1.165, 1.54) is 17.9 Å². The average molecular weight is 424 g/mol. The molecule has 0 spiro atoms. The molecule has 162 valence electrons. The highest BCUT2D eigenvalue weighted by Crippen LogP contribution is 2.21. The second-order valence-electron chi connectivity index (χ2n) is 7.67. The SMILES string of the molecule is COC(=O)c1ccccc1NC(=O)Cn1nc2nc(N3CCCC(C)C3)ccn2c1=O. The number of amides is 1. The average Bonchev–Trinajstić information content (AvgIpc) is 3.08. The van der Waals surface area contributed by atoms with Crippen LogP contribution in [0, 0.1) is 5.92 Å². The Bertz CT molecular complexity index is 1180. The molecule has 2 aromatic heterocycles. The molecule has 1 unspecified atom stereocenters. The Labute approximate surface area is 178 Å². The minimum Gasteiger partial charge on any atom is -0.465 e. The molecule has 1 N–H and O–H groups in total. The maximum absolute atomic E-state index is 12.6. The topological polar surface area (TPSA) is 111 Å². The molecule has 3 aromatic rings. The predicted molar refractivity (Wildman–Crippen MR) is 114 cm³/mol. The molecule has 10 nitrogen and oxygen atoms in total. The predicted octanol–water partition coefficient (Wildman–Crippen LogP) is 1.55. The van der Waals surface area contributed by atoms with Gasteiger partial charge in [-0.15, -0.1) is 5.10 Å². The molecule has 1 aliphatic rings. The number of fused-ring (bicyclic) bond motifs is 1. The third-order valence-electron chi connectivity index (χ3n) is 5.32. The van der Waals surface area contributed by atoms with Crippen molar-refractivity contribution in [1.29, 1.82) is 0 Å². The lowest BCUT2D eigenvalue weighted by atomic mass is 10.0. The van der Waals surface area contributed by atoms with Gasteiger partial charge in [0.25, 0.3) is 5.78 Å². The summed E-state index contributed by atoms with van der Waals surface area (Å²) < 4.78 is 7.10. The first-order valence-corrected chi connectivity index (χ1v) is 10.1. The van der Waals surface area contributed by atoms with E-state index in [1.807, 2.05) is 0 Å². The van der Waals surface area contributed by atoms with Crippen LogP contribution in [0.2, 0.25) is 0 Å². The quantitative estimate of drug-likeness (QED) is 0.619. The van der Waals surface area contributed by atoms with Crippen LogP contribution < -0.4 is 15.9 Å². The highest BCUT2D eigenvalue weighted by molar-refractivity contribution is 6.01. The molecule has 3 heterocycles. The van der Waals surface area contributed by atoms with E-state index in [9.17, 15) is 14.4 Å². The summed E-state index contributed by atoms with van der Waals surface area (Å²) in [5, 5.41) is 6.86. The summed E-state index contributed by atoms with van der Waals surface area (Å²) in [7, 11) is 1.27. The summed E-state index contributed by atoms with van der Waals surface area (Å²) in [5.74, 6) is 0.538. The Kier molecular flexibility index (Phi) is 5.70. The number of hydrogen-bond acceptors (Lipinski definition) is 7. The zero-order valence-electron chi connectivity index (χ0n) is 17.4. The van der Waals surface area contributed by atoms with Crippen LogP contribution >= 0.6 is 0 Å². The fourth-order valence-electron chi connectivity index (χ4n) is 3.78. The number of carbonyl (C=O) groups excluding carboxylic acids is 2. The van der Waals surface area contributed by atoms with Gasteiger partial charge in [-0.05, 0) is 37.0 Å². The zero-order valence-corrected chi connectivity index (χ0v) is 17.4. The molecule has 1 atom stereocenters. The molecule has 0 saturated carbocycles. The molecule has 0 radical (unpaired) electrons. The molecule has 4 rings (SSSR count). The fraction of sp³-hybridized carbons (Fsp3) is 0.381. The van der Waals surface area contributed by atoms with Crippen molar-refractivity contribution in [1.82, 2.24) is 19.2 Å². The monoisotopic (exact) mass is 424 g/mol. The van der Waals surface area contributed by atoms with E-state index < -0.39 is 17.6 Å². The van der Waals surface area contributed by atoms with Crippen molar-refractivity contribution in [2.45, 2.75) is 26.3 Å². The van der Waals surface area contributed by atoms with Crippen LogP contribution in [-0.2, 0) is 16.1 Å². The van der Waals surface area contributed by atoms with Gasteiger partial charge in [-0.2, -0.15) is 4.98 Å². The van der Waals surface area contributed by atoms with E-state index in [1.54, 1.807) is 36.5 Å². The number of nitrogens with one attached hydrogen (secondary N) is 1. The number of para-hydroxylation sites is 1. The number of aromatic nitrogens is 4. The van der Waals surface area contributed by atoms with Gasteiger partial charge in [0.2, 0.25) is 5.91 Å². The summed E-state index contributed by atoms with van der Waals surface area (Å²) in [6, 6.07) is 8.29. The van der Waals surface area contributed by atoms with Gasteiger partial charge < -0.3 is 15.0 Å². The third-order valence-corrected chi connectivity index (χ3v) is 5.32. The number of esters is 1. The molecule has 0 aliphatic carbocycles. The number of piperidine rings is 1. The molecule has 31 heavy (non-hydrogen) atoms. The molecule has 1 saturated heterocycles. The van der Waals surface area contributed by atoms with Crippen LogP contribution in [0.1, 0.15) is 30.1 Å². The van der Waals surface area contributed by atoms with Crippen molar-refractivity contribution in [3.8, 4) is 0 Å². The van der Waals surface area contributed by atoms with Gasteiger partial charge in [0, 0.05) is 19.3 Å². The van der Waals surface area contributed by atoms with E-state index >= 15 is 0 Å². The molecule has 0 bridgehead atoms. The maximum Gasteiger partial charge on any atom is 0.352 e. The third kappa shape index (κ3) is 4.27. The van der Waals surface area contributed by atoms with Gasteiger partial charge in [0.15, 0.2) is 0 Å². The van der Waals surface area contributed by atoms with Crippen molar-refractivity contribution in [2.24, 2.45) is 5.92 Å². The second-order valence-corrected chi connectivity index (χ2v) is 7.67. The largest absolute Gasteiger partial charge is 0.465 e. The minimum absolute atomic E-state index is 0.225. The number of ether oxygens (including phenoxy) is 1. The number of anilines is 2. The maximum atomic E-state index is 12.6. The number of methoxy groups -OCH3 is 1. The van der Waals surface area contributed by atoms with Crippen LogP contribution in [0.3, 0.4) is 0 Å². The van der Waals surface area contributed by atoms with Gasteiger partial charge in [-0.1, -0.05) is 19.1 Å². The summed E-state index contributed by atoms with van der Waals surface area (Å²) in [6.07, 6.45) is 3.93. The van der Waals surface area contributed by atoms with Crippen LogP contribution in [0.4, 0.5) is 11.5 Å². The first-order chi connectivity index (χ1) is 15.0. The van der Waals surface area contributed by atoms with E-state index in [0.29, 0.717) is 11.6 Å². The van der Waals surface area contributed by atoms with Gasteiger partial charge in [0.1, 0.15) is 12.4 Å². The van der Waals surface area contributed by atoms with Gasteiger partial charge in [-0.3, -0.25) is 4.79 Å². The van der Waals surface area contributed by atoms with Gasteiger partial charge >= 0.3 is 11.7 Å². The number of benzene rings is 1. The number of rotatable bonds is 5. The molecule has 10 heteroatoms. The first kappa shape index (κ1) is 20.6. The van der Waals surface area contributed by atoms with Crippen LogP contribution in [0.15, 0.2) is 41.3 Å². The highest BCUT2D eigenvalue weighted by Gasteiger charge is 2.20. The molecular formula is C21H24N6O4. The lowest BCUT2D eigenvalue weighted by Crippen LogP contribution is -2.35. The summed E-state index contributed by atoms with van der Waals surface area (Å²) in [5.41, 5.74) is 0.0658. The zero-order chi connectivity index (χ0) is 22.0. The van der Waals surface area contributed by atoms with E-state index in [4.69, 9.17) is 4.74 Å². The Morgan fingerprint density at radius 3 is 2.84 bits per heavy atom. The van der Waals surface area contributed by atoms with E-state index in [2.05, 4.69) is 27.2 Å². The highest BCUT2D eigenvalue weighted by atomic mass is 16.5. The normalized spacial score (nSPS) is 16.3. The van der Waals surface area contributed by atoms with Crippen molar-refractivity contribution in [2.75, 3.05) is 30.4 Å². The van der Waals surface area contributed by atoms with E-state index in [-0.39, 0.29) is 17.9 Å². The first-order valence-electron chi connectivity index (χ1n) is 10.1. The molecule has 1 amide bonds. The van der Waals surface area contributed by atoms with Crippen molar-refractivity contribution in [3.63, 3.8) is 0 Å². The molecule has 1 aromatic carbocycles. The van der Waals surface area contributed by atoms with Gasteiger partial charge in [-0.25, -0.2) is 18.7 Å². The Morgan fingerprint density at radius 2 is 2.06 bits per heavy atom. The fourth-order valence-corrected chi connectivity index (χ4v) is 3.78. The Hall–Kier alpha value is -3.69. The van der Waals surface area contributed by atoms with E-state index in [0.717, 1.165) is 30.0 Å². The second kappa shape index (κ2) is 8.58. The summed E-state index contributed by atoms with van der Waals surface area (Å²) in [4.78, 5) is 43.7. The number of hydrogen-bond donors (Lipinski definition) is 1. The number of carbonyl (C=O) groups is 2. The molecule has 1 aliphatic heterocycles. The summed E-state index contributed by atoms with van der Waals surface area (Å²) >= 11 is 0. The lowest BCUT2D eigenvalue weighted by Gasteiger charge is -2.31. The van der Waals surface area contributed by atoms with Crippen LogP contribution in [0.5, 0.6) is 0 Å².